The molecule has 2 rings (SSSR count). The highest BCUT2D eigenvalue weighted by molar-refractivity contribution is 5.80. The Morgan fingerprint density at radius 3 is 2.82 bits per heavy atom. The van der Waals surface area contributed by atoms with Gasteiger partial charge in [-0.2, -0.15) is 0 Å². The first kappa shape index (κ1) is 12.1. The molecule has 17 heavy (non-hydrogen) atoms. The van der Waals surface area contributed by atoms with Gasteiger partial charge in [-0.05, 0) is 31.9 Å². The van der Waals surface area contributed by atoms with E-state index in [1.54, 1.807) is 0 Å². The Kier molecular flexibility index (Phi) is 4.15. The molecule has 2 N–H and O–H groups in total. The van der Waals surface area contributed by atoms with Crippen molar-refractivity contribution in [3.8, 4) is 0 Å². The molecule has 0 spiro atoms. The summed E-state index contributed by atoms with van der Waals surface area (Å²) in [5.41, 5.74) is 8.03. The van der Waals surface area contributed by atoms with Gasteiger partial charge < -0.3 is 10.5 Å². The fourth-order valence-electron chi connectivity index (χ4n) is 1.95. The molecule has 0 saturated heterocycles. The number of ether oxygens (including phenoxy) is 1. The van der Waals surface area contributed by atoms with Gasteiger partial charge in [0.05, 0.1) is 6.04 Å². The van der Waals surface area contributed by atoms with Crippen molar-refractivity contribution in [3.63, 3.8) is 0 Å². The van der Waals surface area contributed by atoms with E-state index in [9.17, 15) is 0 Å². The zero-order valence-electron chi connectivity index (χ0n) is 10.4. The van der Waals surface area contributed by atoms with Gasteiger partial charge in [0.25, 0.3) is 0 Å². The van der Waals surface area contributed by atoms with Crippen molar-refractivity contribution < 1.29 is 4.74 Å². The van der Waals surface area contributed by atoms with E-state index < -0.39 is 0 Å². The Bertz CT molecular complexity index is 384. The fourth-order valence-corrected chi connectivity index (χ4v) is 1.95. The Balaban J connectivity index is 1.89. The average molecular weight is 232 g/mol. The van der Waals surface area contributed by atoms with E-state index >= 15 is 0 Å². The maximum Gasteiger partial charge on any atom is 0.188 e. The van der Waals surface area contributed by atoms with E-state index in [-0.39, 0.29) is 0 Å². The van der Waals surface area contributed by atoms with Crippen LogP contribution in [-0.2, 0) is 11.2 Å². The Hall–Kier alpha value is -1.35. The fraction of sp³-hybridized carbons (Fsp3) is 0.500. The van der Waals surface area contributed by atoms with Crippen LogP contribution in [0.15, 0.2) is 29.3 Å². The summed E-state index contributed by atoms with van der Waals surface area (Å²) in [6.07, 6.45) is 2.86. The standard InChI is InChI=1S/C14H20N2O/c1-11-4-6-12(7-5-11)9-14-16-13(10-17-14)3-2-8-15/h4-7,13H,2-3,8-10,15H2,1H3. The lowest BCUT2D eigenvalue weighted by Gasteiger charge is -2.02. The van der Waals surface area contributed by atoms with E-state index in [0.29, 0.717) is 6.04 Å². The highest BCUT2D eigenvalue weighted by atomic mass is 16.5. The third-order valence-corrected chi connectivity index (χ3v) is 2.99. The van der Waals surface area contributed by atoms with Gasteiger partial charge in [0.1, 0.15) is 6.61 Å². The number of hydrogen-bond acceptors (Lipinski definition) is 3. The molecule has 92 valence electrons. The normalized spacial score (nSPS) is 18.9. The second-order valence-corrected chi connectivity index (χ2v) is 4.58. The van der Waals surface area contributed by atoms with E-state index in [1.165, 1.54) is 11.1 Å². The quantitative estimate of drug-likeness (QED) is 0.845. The summed E-state index contributed by atoms with van der Waals surface area (Å²) in [4.78, 5) is 4.58. The predicted molar refractivity (Wildman–Crippen MR) is 70.3 cm³/mol. The van der Waals surface area contributed by atoms with Crippen LogP contribution in [0.4, 0.5) is 0 Å². The summed E-state index contributed by atoms with van der Waals surface area (Å²) in [7, 11) is 0. The molecule has 1 aliphatic heterocycles. The highest BCUT2D eigenvalue weighted by Crippen LogP contribution is 2.13. The SMILES string of the molecule is Cc1ccc(CC2=NC(CCCN)CO2)cc1. The van der Waals surface area contributed by atoms with Gasteiger partial charge in [0.2, 0.25) is 0 Å². The molecule has 1 unspecified atom stereocenters. The largest absolute Gasteiger partial charge is 0.478 e. The minimum absolute atomic E-state index is 0.319. The molecule has 3 heteroatoms. The van der Waals surface area contributed by atoms with E-state index in [4.69, 9.17) is 10.5 Å². The van der Waals surface area contributed by atoms with Crippen molar-refractivity contribution in [2.24, 2.45) is 10.7 Å². The van der Waals surface area contributed by atoms with Crippen LogP contribution >= 0.6 is 0 Å². The third-order valence-electron chi connectivity index (χ3n) is 2.99. The lowest BCUT2D eigenvalue weighted by atomic mass is 10.1. The van der Waals surface area contributed by atoms with Crippen LogP contribution in [0.3, 0.4) is 0 Å². The van der Waals surface area contributed by atoms with Crippen LogP contribution < -0.4 is 5.73 Å². The molecule has 1 heterocycles. The van der Waals surface area contributed by atoms with Gasteiger partial charge in [-0.25, -0.2) is 4.99 Å². The molecule has 1 atom stereocenters. The minimum atomic E-state index is 0.319. The molecule has 3 nitrogen and oxygen atoms in total. The second kappa shape index (κ2) is 5.82. The molecule has 1 aliphatic rings. The molecule has 0 aliphatic carbocycles. The van der Waals surface area contributed by atoms with Gasteiger partial charge in [0.15, 0.2) is 5.90 Å². The number of aliphatic imine (C=N–C) groups is 1. The zero-order valence-corrected chi connectivity index (χ0v) is 10.4. The van der Waals surface area contributed by atoms with E-state index in [0.717, 1.165) is 38.3 Å². The first-order valence-corrected chi connectivity index (χ1v) is 6.23. The molecule has 0 aromatic heterocycles. The number of hydrogen-bond donors (Lipinski definition) is 1. The van der Waals surface area contributed by atoms with Crippen LogP contribution in [0.25, 0.3) is 0 Å². The molecular weight excluding hydrogens is 212 g/mol. The summed E-state index contributed by atoms with van der Waals surface area (Å²) < 4.78 is 5.61. The van der Waals surface area contributed by atoms with Gasteiger partial charge in [-0.15, -0.1) is 0 Å². The van der Waals surface area contributed by atoms with Crippen molar-refractivity contribution >= 4 is 5.90 Å². The van der Waals surface area contributed by atoms with Crippen LogP contribution in [0.2, 0.25) is 0 Å². The highest BCUT2D eigenvalue weighted by Gasteiger charge is 2.18. The number of benzene rings is 1. The topological polar surface area (TPSA) is 47.6 Å². The molecule has 1 aromatic rings. The number of rotatable bonds is 5. The maximum atomic E-state index is 5.61. The molecule has 0 fully saturated rings. The average Bonchev–Trinajstić information content (AvgIpc) is 2.77. The molecule has 0 saturated carbocycles. The van der Waals surface area contributed by atoms with Crippen molar-refractivity contribution in [1.82, 2.24) is 0 Å². The first-order valence-electron chi connectivity index (χ1n) is 6.23. The Morgan fingerprint density at radius 2 is 2.12 bits per heavy atom. The maximum absolute atomic E-state index is 5.61. The van der Waals surface area contributed by atoms with E-state index in [1.807, 2.05) is 0 Å². The van der Waals surface area contributed by atoms with Crippen LogP contribution in [0.5, 0.6) is 0 Å². The Morgan fingerprint density at radius 1 is 1.35 bits per heavy atom. The number of nitrogens with zero attached hydrogens (tertiary/aromatic N) is 1. The van der Waals surface area contributed by atoms with Crippen LogP contribution in [-0.4, -0.2) is 25.1 Å². The molecule has 0 radical (unpaired) electrons. The first-order chi connectivity index (χ1) is 8.28. The monoisotopic (exact) mass is 232 g/mol. The second-order valence-electron chi connectivity index (χ2n) is 4.58. The summed E-state index contributed by atoms with van der Waals surface area (Å²) in [6.45, 7) is 3.55. The minimum Gasteiger partial charge on any atom is -0.478 e. The van der Waals surface area contributed by atoms with Crippen LogP contribution in [0.1, 0.15) is 24.0 Å². The lowest BCUT2D eigenvalue weighted by molar-refractivity contribution is 0.305. The zero-order chi connectivity index (χ0) is 12.1. The van der Waals surface area contributed by atoms with Gasteiger partial charge in [0, 0.05) is 6.42 Å². The third kappa shape index (κ3) is 3.56. The smallest absolute Gasteiger partial charge is 0.188 e. The van der Waals surface area contributed by atoms with Crippen molar-refractivity contribution in [1.29, 1.82) is 0 Å². The molecule has 1 aromatic carbocycles. The number of nitrogens with two attached hydrogens (primary N) is 1. The summed E-state index contributed by atoms with van der Waals surface area (Å²) in [6, 6.07) is 8.83. The molecule has 0 amide bonds. The van der Waals surface area contributed by atoms with Gasteiger partial charge >= 0.3 is 0 Å². The Labute approximate surface area is 103 Å². The summed E-state index contributed by atoms with van der Waals surface area (Å²) in [5.74, 6) is 0.871. The van der Waals surface area contributed by atoms with Crippen LogP contribution in [0, 0.1) is 6.92 Å². The van der Waals surface area contributed by atoms with Gasteiger partial charge in [-0.3, -0.25) is 0 Å². The lowest BCUT2D eigenvalue weighted by Crippen LogP contribution is -2.09. The van der Waals surface area contributed by atoms with E-state index in [2.05, 4.69) is 36.2 Å². The number of aryl methyl sites for hydroxylation is 1. The van der Waals surface area contributed by atoms with Crippen molar-refractivity contribution in [2.75, 3.05) is 13.2 Å². The summed E-state index contributed by atoms with van der Waals surface area (Å²) in [5, 5.41) is 0. The predicted octanol–water partition coefficient (Wildman–Crippen LogP) is 2.07. The van der Waals surface area contributed by atoms with Gasteiger partial charge in [-0.1, -0.05) is 29.8 Å². The molecular formula is C14H20N2O. The van der Waals surface area contributed by atoms with Crippen molar-refractivity contribution in [3.05, 3.63) is 35.4 Å². The molecule has 0 bridgehead atoms. The summed E-state index contributed by atoms with van der Waals surface area (Å²) >= 11 is 0. The van der Waals surface area contributed by atoms with Crippen molar-refractivity contribution in [2.45, 2.75) is 32.2 Å².